The van der Waals surface area contributed by atoms with Crippen molar-refractivity contribution in [2.45, 2.75) is 32.8 Å². The summed E-state index contributed by atoms with van der Waals surface area (Å²) in [5, 5.41) is 10.1. The van der Waals surface area contributed by atoms with E-state index >= 15 is 0 Å². The van der Waals surface area contributed by atoms with Gasteiger partial charge >= 0.3 is 0 Å². The molecule has 2 aromatic rings. The molecule has 2 nitrogen and oxygen atoms in total. The number of hydrogen-bond acceptors (Lipinski definition) is 2. The summed E-state index contributed by atoms with van der Waals surface area (Å²) in [6.45, 7) is 4.42. The molecule has 2 rings (SSSR count). The van der Waals surface area contributed by atoms with Crippen LogP contribution in [0, 0.1) is 5.92 Å². The second kappa shape index (κ2) is 5.87. The van der Waals surface area contributed by atoms with Crippen molar-refractivity contribution in [3.8, 4) is 0 Å². The van der Waals surface area contributed by atoms with Crippen LogP contribution in [0.4, 0.5) is 0 Å². The highest BCUT2D eigenvalue weighted by Gasteiger charge is 2.10. The maximum Gasteiger partial charge on any atom is 0.106 e. The number of rotatable bonds is 5. The molecule has 0 saturated heterocycles. The monoisotopic (exact) mass is 244 g/mol. The number of aliphatic hydroxyl groups excluding tert-OH is 1. The minimum absolute atomic E-state index is 0.496. The van der Waals surface area contributed by atoms with Crippen LogP contribution in [0.15, 0.2) is 47.1 Å². The van der Waals surface area contributed by atoms with Crippen LogP contribution in [0.5, 0.6) is 0 Å². The molecule has 2 heteroatoms. The summed E-state index contributed by atoms with van der Waals surface area (Å²) >= 11 is 0. The highest BCUT2D eigenvalue weighted by Crippen LogP contribution is 2.20. The van der Waals surface area contributed by atoms with Gasteiger partial charge in [0.2, 0.25) is 0 Å². The molecular formula is C16H20O2. The second-order valence-electron chi connectivity index (χ2n) is 5.14. The van der Waals surface area contributed by atoms with Crippen molar-refractivity contribution >= 4 is 0 Å². The summed E-state index contributed by atoms with van der Waals surface area (Å²) < 4.78 is 5.24. The number of hydrogen-bond donors (Lipinski definition) is 1. The third-order valence-corrected chi connectivity index (χ3v) is 2.98. The van der Waals surface area contributed by atoms with Crippen molar-refractivity contribution in [3.63, 3.8) is 0 Å². The molecule has 18 heavy (non-hydrogen) atoms. The molecule has 0 aliphatic carbocycles. The quantitative estimate of drug-likeness (QED) is 0.869. The molecule has 1 heterocycles. The van der Waals surface area contributed by atoms with E-state index in [1.807, 2.05) is 24.3 Å². The van der Waals surface area contributed by atoms with Crippen LogP contribution in [0.1, 0.15) is 36.8 Å². The van der Waals surface area contributed by atoms with Gasteiger partial charge in [-0.25, -0.2) is 0 Å². The van der Waals surface area contributed by atoms with Gasteiger partial charge in [0, 0.05) is 6.42 Å². The third kappa shape index (κ3) is 3.47. The molecule has 0 aliphatic rings. The lowest BCUT2D eigenvalue weighted by Gasteiger charge is -2.11. The van der Waals surface area contributed by atoms with Crippen molar-refractivity contribution in [2.24, 2.45) is 5.92 Å². The van der Waals surface area contributed by atoms with Crippen LogP contribution < -0.4 is 0 Å². The number of furan rings is 1. The zero-order valence-corrected chi connectivity index (χ0v) is 11.0. The van der Waals surface area contributed by atoms with Crippen LogP contribution in [-0.4, -0.2) is 5.11 Å². The molecule has 1 unspecified atom stereocenters. The molecule has 0 spiro atoms. The summed E-state index contributed by atoms with van der Waals surface area (Å²) in [7, 11) is 0. The van der Waals surface area contributed by atoms with E-state index < -0.39 is 6.10 Å². The van der Waals surface area contributed by atoms with Gasteiger partial charge in [-0.2, -0.15) is 0 Å². The molecule has 0 bridgehead atoms. The lowest BCUT2D eigenvalue weighted by molar-refractivity contribution is 0.170. The molecular weight excluding hydrogens is 224 g/mol. The Morgan fingerprint density at radius 1 is 1.06 bits per heavy atom. The molecule has 0 saturated carbocycles. The van der Waals surface area contributed by atoms with Crippen LogP contribution in [0.3, 0.4) is 0 Å². The summed E-state index contributed by atoms with van der Waals surface area (Å²) in [5.74, 6) is 1.47. The predicted octanol–water partition coefficient (Wildman–Crippen LogP) is 3.75. The first kappa shape index (κ1) is 12.9. The van der Waals surface area contributed by atoms with Gasteiger partial charge in [0.15, 0.2) is 0 Å². The van der Waals surface area contributed by atoms with E-state index in [-0.39, 0.29) is 0 Å². The van der Waals surface area contributed by atoms with Crippen LogP contribution in [0.2, 0.25) is 0 Å². The van der Waals surface area contributed by atoms with Gasteiger partial charge in [-0.05, 0) is 35.6 Å². The van der Waals surface area contributed by atoms with E-state index in [0.717, 1.165) is 17.7 Å². The molecule has 0 aliphatic heterocycles. The predicted molar refractivity (Wildman–Crippen MR) is 72.4 cm³/mol. The minimum Gasteiger partial charge on any atom is -0.469 e. The van der Waals surface area contributed by atoms with Crippen molar-refractivity contribution in [1.82, 2.24) is 0 Å². The second-order valence-corrected chi connectivity index (χ2v) is 5.14. The summed E-state index contributed by atoms with van der Waals surface area (Å²) in [6, 6.07) is 11.9. The van der Waals surface area contributed by atoms with Gasteiger partial charge in [0.25, 0.3) is 0 Å². The smallest absolute Gasteiger partial charge is 0.106 e. The van der Waals surface area contributed by atoms with E-state index in [1.54, 1.807) is 6.26 Å². The van der Waals surface area contributed by atoms with E-state index in [4.69, 9.17) is 4.42 Å². The molecule has 1 aromatic heterocycles. The molecule has 96 valence electrons. The van der Waals surface area contributed by atoms with Gasteiger partial charge in [0.1, 0.15) is 5.76 Å². The summed E-state index contributed by atoms with van der Waals surface area (Å²) in [4.78, 5) is 0. The Balaban J connectivity index is 2.00. The minimum atomic E-state index is -0.496. The number of benzene rings is 1. The van der Waals surface area contributed by atoms with Gasteiger partial charge in [-0.15, -0.1) is 0 Å². The Hall–Kier alpha value is -1.54. The lowest BCUT2D eigenvalue weighted by Crippen LogP contribution is -2.01. The maximum absolute atomic E-state index is 10.1. The molecule has 0 amide bonds. The summed E-state index contributed by atoms with van der Waals surface area (Å²) in [5.41, 5.74) is 2.26. The average Bonchev–Trinajstić information content (AvgIpc) is 2.82. The maximum atomic E-state index is 10.1. The largest absolute Gasteiger partial charge is 0.469 e. The van der Waals surface area contributed by atoms with Crippen LogP contribution in [0.25, 0.3) is 0 Å². The lowest BCUT2D eigenvalue weighted by atomic mass is 9.99. The summed E-state index contributed by atoms with van der Waals surface area (Å²) in [6.07, 6.45) is 2.74. The van der Waals surface area contributed by atoms with Crippen LogP contribution in [-0.2, 0) is 12.8 Å². The first-order valence-electron chi connectivity index (χ1n) is 6.44. The first-order chi connectivity index (χ1) is 8.65. The molecule has 1 N–H and O–H groups in total. The Labute approximate surface area is 108 Å². The molecule has 0 fully saturated rings. The van der Waals surface area contributed by atoms with Gasteiger partial charge in [0.05, 0.1) is 12.4 Å². The van der Waals surface area contributed by atoms with E-state index in [9.17, 15) is 5.11 Å². The fraction of sp³-hybridized carbons (Fsp3) is 0.375. The number of aliphatic hydroxyl groups is 1. The Kier molecular flexibility index (Phi) is 4.21. The van der Waals surface area contributed by atoms with Gasteiger partial charge < -0.3 is 9.52 Å². The first-order valence-corrected chi connectivity index (χ1v) is 6.44. The van der Waals surface area contributed by atoms with Crippen molar-refractivity contribution in [1.29, 1.82) is 0 Å². The highest BCUT2D eigenvalue weighted by molar-refractivity contribution is 5.25. The zero-order valence-electron chi connectivity index (χ0n) is 11.0. The normalized spacial score (nSPS) is 12.9. The van der Waals surface area contributed by atoms with Crippen molar-refractivity contribution in [3.05, 3.63) is 59.5 Å². The van der Waals surface area contributed by atoms with E-state index in [1.165, 1.54) is 5.56 Å². The molecule has 0 radical (unpaired) electrons. The average molecular weight is 244 g/mol. The van der Waals surface area contributed by atoms with Gasteiger partial charge in [-0.1, -0.05) is 38.1 Å². The van der Waals surface area contributed by atoms with Crippen molar-refractivity contribution in [2.75, 3.05) is 0 Å². The Morgan fingerprint density at radius 3 is 2.33 bits per heavy atom. The fourth-order valence-corrected chi connectivity index (χ4v) is 2.08. The fourth-order valence-electron chi connectivity index (χ4n) is 2.08. The Morgan fingerprint density at radius 2 is 1.78 bits per heavy atom. The third-order valence-electron chi connectivity index (χ3n) is 2.98. The topological polar surface area (TPSA) is 33.4 Å². The van der Waals surface area contributed by atoms with E-state index in [2.05, 4.69) is 26.0 Å². The Bertz CT molecular complexity index is 454. The van der Waals surface area contributed by atoms with E-state index in [0.29, 0.717) is 12.3 Å². The highest BCUT2D eigenvalue weighted by atomic mass is 16.3. The molecule has 1 aromatic carbocycles. The molecule has 1 atom stereocenters. The zero-order chi connectivity index (χ0) is 13.0. The van der Waals surface area contributed by atoms with Crippen molar-refractivity contribution < 1.29 is 9.52 Å². The van der Waals surface area contributed by atoms with Gasteiger partial charge in [-0.3, -0.25) is 0 Å². The standard InChI is InChI=1S/C16H20O2/c1-12(2)10-13-5-7-14(8-6-13)16(17)11-15-4-3-9-18-15/h3-9,12,16-17H,10-11H2,1-2H3. The SMILES string of the molecule is CC(C)Cc1ccc(C(O)Cc2ccco2)cc1. The van der Waals surface area contributed by atoms with Crippen LogP contribution >= 0.6 is 0 Å².